The van der Waals surface area contributed by atoms with Crippen LogP contribution in [0.3, 0.4) is 0 Å². The molecule has 5 heteroatoms. The fraction of sp³-hybridized carbons (Fsp3) is 0.125. The molecule has 0 aliphatic heterocycles. The molecule has 0 aliphatic carbocycles. The number of hydrogen-bond donors (Lipinski definition) is 1. The molecule has 1 aromatic heterocycles. The summed E-state index contributed by atoms with van der Waals surface area (Å²) < 4.78 is 0.805. The topological polar surface area (TPSA) is 58.9 Å². The highest BCUT2D eigenvalue weighted by Gasteiger charge is 2.25. The molecule has 0 aliphatic rings. The first-order valence-corrected chi connectivity index (χ1v) is 7.39. The van der Waals surface area contributed by atoms with E-state index < -0.39 is 0 Å². The molecule has 0 bridgehead atoms. The van der Waals surface area contributed by atoms with E-state index in [9.17, 15) is 10.1 Å². The fourth-order valence-electron chi connectivity index (χ4n) is 2.67. The zero-order valence-electron chi connectivity index (χ0n) is 11.1. The molecular formula is C16H13BrN2O2. The third-order valence-electron chi connectivity index (χ3n) is 3.58. The number of aromatic nitrogens is 1. The van der Waals surface area contributed by atoms with E-state index >= 15 is 0 Å². The lowest BCUT2D eigenvalue weighted by Gasteiger charge is -2.13. The second kappa shape index (κ2) is 5.69. The van der Waals surface area contributed by atoms with Crippen LogP contribution in [0, 0.1) is 10.1 Å². The predicted molar refractivity (Wildman–Crippen MR) is 86.1 cm³/mol. The van der Waals surface area contributed by atoms with E-state index in [-0.39, 0.29) is 17.4 Å². The van der Waals surface area contributed by atoms with E-state index in [1.54, 1.807) is 0 Å². The molecule has 0 amide bonds. The van der Waals surface area contributed by atoms with E-state index in [0.717, 1.165) is 26.6 Å². The minimum Gasteiger partial charge on any atom is -0.349 e. The maximum Gasteiger partial charge on any atom is 0.214 e. The number of benzene rings is 2. The third-order valence-corrected chi connectivity index (χ3v) is 4.21. The summed E-state index contributed by atoms with van der Waals surface area (Å²) >= 11 is 3.52. The molecule has 1 N–H and O–H groups in total. The van der Waals surface area contributed by atoms with Gasteiger partial charge in [0, 0.05) is 21.4 Å². The molecule has 0 saturated heterocycles. The van der Waals surface area contributed by atoms with Crippen molar-refractivity contribution in [3.8, 4) is 0 Å². The van der Waals surface area contributed by atoms with Gasteiger partial charge >= 0.3 is 0 Å². The number of nitrogens with one attached hydrogen (secondary N) is 1. The van der Waals surface area contributed by atoms with Gasteiger partial charge in [-0.2, -0.15) is 0 Å². The minimum atomic E-state index is -0.285. The molecule has 0 unspecified atom stereocenters. The highest BCUT2D eigenvalue weighted by Crippen LogP contribution is 2.36. The average Bonchev–Trinajstić information content (AvgIpc) is 2.81. The van der Waals surface area contributed by atoms with Gasteiger partial charge in [-0.1, -0.05) is 48.5 Å². The lowest BCUT2D eigenvalue weighted by molar-refractivity contribution is -0.481. The van der Waals surface area contributed by atoms with Crippen LogP contribution in [0.2, 0.25) is 0 Å². The number of aromatic amines is 1. The number of H-pyrrole nitrogens is 1. The molecule has 0 radical (unpaired) electrons. The Morgan fingerprint density at radius 2 is 1.76 bits per heavy atom. The molecular weight excluding hydrogens is 332 g/mol. The Morgan fingerprint density at radius 3 is 2.48 bits per heavy atom. The average molecular weight is 345 g/mol. The van der Waals surface area contributed by atoms with Crippen LogP contribution in [-0.4, -0.2) is 16.5 Å². The Hall–Kier alpha value is -2.14. The van der Waals surface area contributed by atoms with Gasteiger partial charge in [-0.25, -0.2) is 0 Å². The number of fused-ring (bicyclic) bond motifs is 1. The predicted octanol–water partition coefficient (Wildman–Crippen LogP) is 4.34. The second-order valence-electron chi connectivity index (χ2n) is 4.88. The number of rotatable bonds is 4. The standard InChI is InChI=1S/C16H13BrN2O2/c17-16-15(12-8-4-5-9-14(12)18-16)13(10-19(20)21)11-6-2-1-3-7-11/h1-9,13,18H,10H2/t13-/m1/s1. The van der Waals surface area contributed by atoms with Crippen molar-refractivity contribution < 1.29 is 4.92 Å². The summed E-state index contributed by atoms with van der Waals surface area (Å²) in [6.45, 7) is -0.134. The maximum absolute atomic E-state index is 11.1. The van der Waals surface area contributed by atoms with Crippen LogP contribution < -0.4 is 0 Å². The highest BCUT2D eigenvalue weighted by molar-refractivity contribution is 9.10. The number of nitrogens with zero attached hydrogens (tertiary/aromatic N) is 1. The van der Waals surface area contributed by atoms with E-state index in [0.29, 0.717) is 0 Å². The lowest BCUT2D eigenvalue weighted by Crippen LogP contribution is -2.14. The molecule has 0 fully saturated rings. The summed E-state index contributed by atoms with van der Waals surface area (Å²) in [5.41, 5.74) is 2.86. The van der Waals surface area contributed by atoms with Gasteiger partial charge < -0.3 is 4.98 Å². The molecule has 3 aromatic rings. The molecule has 2 aromatic carbocycles. The van der Waals surface area contributed by atoms with Crippen LogP contribution in [0.5, 0.6) is 0 Å². The van der Waals surface area contributed by atoms with Crippen molar-refractivity contribution in [1.82, 2.24) is 4.98 Å². The summed E-state index contributed by atoms with van der Waals surface area (Å²) in [7, 11) is 0. The molecule has 21 heavy (non-hydrogen) atoms. The van der Waals surface area contributed by atoms with Crippen LogP contribution in [0.15, 0.2) is 59.2 Å². The van der Waals surface area contributed by atoms with Crippen molar-refractivity contribution in [1.29, 1.82) is 0 Å². The van der Waals surface area contributed by atoms with Gasteiger partial charge in [0.2, 0.25) is 6.54 Å². The minimum absolute atomic E-state index is 0.134. The quantitative estimate of drug-likeness (QED) is 0.565. The Labute approximate surface area is 130 Å². The van der Waals surface area contributed by atoms with Gasteiger partial charge in [-0.3, -0.25) is 10.1 Å². The van der Waals surface area contributed by atoms with Gasteiger partial charge in [0.15, 0.2) is 0 Å². The molecule has 0 saturated carbocycles. The van der Waals surface area contributed by atoms with Crippen LogP contribution in [0.1, 0.15) is 17.0 Å². The Morgan fingerprint density at radius 1 is 1.10 bits per heavy atom. The molecule has 0 spiro atoms. The zero-order chi connectivity index (χ0) is 14.8. The summed E-state index contributed by atoms with van der Waals surface area (Å²) in [6, 6.07) is 17.4. The number of hydrogen-bond acceptors (Lipinski definition) is 2. The highest BCUT2D eigenvalue weighted by atomic mass is 79.9. The molecule has 106 valence electrons. The Balaban J connectivity index is 2.19. The van der Waals surface area contributed by atoms with E-state index in [4.69, 9.17) is 0 Å². The molecule has 1 atom stereocenters. The van der Waals surface area contributed by atoms with Crippen LogP contribution in [-0.2, 0) is 0 Å². The smallest absolute Gasteiger partial charge is 0.214 e. The Bertz CT molecular complexity index is 783. The zero-order valence-corrected chi connectivity index (χ0v) is 12.7. The van der Waals surface area contributed by atoms with Gasteiger partial charge in [0.05, 0.1) is 10.5 Å². The molecule has 1 heterocycles. The molecule has 3 rings (SSSR count). The Kier molecular flexibility index (Phi) is 3.75. The summed E-state index contributed by atoms with van der Waals surface area (Å²) in [6.07, 6.45) is 0. The van der Waals surface area contributed by atoms with E-state index in [1.165, 1.54) is 0 Å². The van der Waals surface area contributed by atoms with Crippen LogP contribution in [0.4, 0.5) is 0 Å². The fourth-order valence-corrected chi connectivity index (χ4v) is 3.37. The first-order valence-electron chi connectivity index (χ1n) is 6.59. The van der Waals surface area contributed by atoms with E-state index in [2.05, 4.69) is 20.9 Å². The van der Waals surface area contributed by atoms with Gasteiger partial charge in [-0.15, -0.1) is 0 Å². The second-order valence-corrected chi connectivity index (χ2v) is 5.67. The van der Waals surface area contributed by atoms with Crippen molar-refractivity contribution in [3.63, 3.8) is 0 Å². The van der Waals surface area contributed by atoms with Crippen molar-refractivity contribution >= 4 is 26.8 Å². The van der Waals surface area contributed by atoms with E-state index in [1.807, 2.05) is 54.6 Å². The SMILES string of the molecule is O=[N+]([O-])C[C@H](c1ccccc1)c1c(Br)[nH]c2ccccc12. The van der Waals surface area contributed by atoms with Crippen molar-refractivity contribution in [2.24, 2.45) is 0 Å². The van der Waals surface area contributed by atoms with Gasteiger partial charge in [0.25, 0.3) is 0 Å². The lowest BCUT2D eigenvalue weighted by atomic mass is 9.91. The third kappa shape index (κ3) is 2.69. The summed E-state index contributed by atoms with van der Waals surface area (Å²) in [5, 5.41) is 12.1. The van der Waals surface area contributed by atoms with Crippen molar-refractivity contribution in [2.75, 3.05) is 6.54 Å². The monoisotopic (exact) mass is 344 g/mol. The largest absolute Gasteiger partial charge is 0.349 e. The van der Waals surface area contributed by atoms with Crippen LogP contribution in [0.25, 0.3) is 10.9 Å². The first kappa shape index (κ1) is 13.8. The summed E-state index contributed by atoms with van der Waals surface area (Å²) in [4.78, 5) is 14.1. The number of nitro groups is 1. The summed E-state index contributed by atoms with van der Waals surface area (Å²) in [5.74, 6) is -0.285. The van der Waals surface area contributed by atoms with Crippen molar-refractivity contribution in [2.45, 2.75) is 5.92 Å². The normalized spacial score (nSPS) is 12.4. The number of halogens is 1. The first-order chi connectivity index (χ1) is 10.2. The van der Waals surface area contributed by atoms with Gasteiger partial charge in [0.1, 0.15) is 0 Å². The maximum atomic E-state index is 11.1. The van der Waals surface area contributed by atoms with Gasteiger partial charge in [-0.05, 0) is 27.6 Å². The van der Waals surface area contributed by atoms with Crippen molar-refractivity contribution in [3.05, 3.63) is 80.4 Å². The number of para-hydroxylation sites is 1. The van der Waals surface area contributed by atoms with Crippen LogP contribution >= 0.6 is 15.9 Å². The molecule has 4 nitrogen and oxygen atoms in total.